The van der Waals surface area contributed by atoms with Gasteiger partial charge in [-0.1, -0.05) is 18.2 Å². The van der Waals surface area contributed by atoms with Gasteiger partial charge in [0.1, 0.15) is 0 Å². The molecule has 0 unspecified atom stereocenters. The van der Waals surface area contributed by atoms with Crippen molar-refractivity contribution >= 4 is 17.7 Å². The van der Waals surface area contributed by atoms with Crippen LogP contribution in [0.15, 0.2) is 30.3 Å². The van der Waals surface area contributed by atoms with E-state index in [0.717, 1.165) is 26.1 Å². The molecule has 0 saturated carbocycles. The number of carboxylic acid groups (broad SMARTS) is 1. The summed E-state index contributed by atoms with van der Waals surface area (Å²) >= 11 is 0. The van der Waals surface area contributed by atoms with Crippen LogP contribution in [0.1, 0.15) is 19.3 Å². The third-order valence-corrected chi connectivity index (χ3v) is 3.75. The Hall–Kier alpha value is -2.24. The minimum absolute atomic E-state index is 0.0854. The number of carbonyl (C=O) groups excluding carboxylic acids is 1. The molecule has 6 heteroatoms. The second kappa shape index (κ2) is 8.26. The van der Waals surface area contributed by atoms with Gasteiger partial charge in [-0.05, 0) is 25.0 Å². The summed E-state index contributed by atoms with van der Waals surface area (Å²) in [5, 5.41) is 11.4. The molecule has 6 nitrogen and oxygen atoms in total. The molecule has 1 aromatic rings. The van der Waals surface area contributed by atoms with E-state index in [9.17, 15) is 9.59 Å². The largest absolute Gasteiger partial charge is 0.481 e. The summed E-state index contributed by atoms with van der Waals surface area (Å²) in [7, 11) is 0. The average Bonchev–Trinajstić information content (AvgIpc) is 2.78. The maximum atomic E-state index is 12.1. The lowest BCUT2D eigenvalue weighted by Gasteiger charge is -2.23. The van der Waals surface area contributed by atoms with Crippen LogP contribution in [-0.4, -0.2) is 54.7 Å². The number of nitrogens with one attached hydrogen (secondary N) is 1. The summed E-state index contributed by atoms with van der Waals surface area (Å²) in [6.07, 6.45) is 1.48. The van der Waals surface area contributed by atoms with Crippen molar-refractivity contribution in [3.8, 4) is 0 Å². The standard InChI is InChI=1S/C16H23N3O3/c20-15(21)8-4-9-17-16(22)19-11-5-10-18(12-13-19)14-6-2-1-3-7-14/h1-3,6-7H,4-5,8-13H2,(H,17,22)(H,20,21). The minimum atomic E-state index is -0.831. The molecule has 1 aromatic carbocycles. The molecule has 1 fully saturated rings. The Morgan fingerprint density at radius 2 is 1.86 bits per heavy atom. The number of nitrogens with zero attached hydrogens (tertiary/aromatic N) is 2. The average molecular weight is 305 g/mol. The summed E-state index contributed by atoms with van der Waals surface area (Å²) in [6.45, 7) is 3.57. The lowest BCUT2D eigenvalue weighted by Crippen LogP contribution is -2.42. The summed E-state index contributed by atoms with van der Waals surface area (Å²) in [5.41, 5.74) is 1.19. The van der Waals surface area contributed by atoms with Crippen molar-refractivity contribution in [3.63, 3.8) is 0 Å². The normalized spacial score (nSPS) is 15.3. The highest BCUT2D eigenvalue weighted by Gasteiger charge is 2.18. The molecule has 0 radical (unpaired) electrons. The fourth-order valence-electron chi connectivity index (χ4n) is 2.56. The van der Waals surface area contributed by atoms with Crippen LogP contribution >= 0.6 is 0 Å². The lowest BCUT2D eigenvalue weighted by atomic mass is 10.3. The van der Waals surface area contributed by atoms with E-state index >= 15 is 0 Å². The van der Waals surface area contributed by atoms with Crippen molar-refractivity contribution < 1.29 is 14.7 Å². The number of anilines is 1. The third kappa shape index (κ3) is 4.95. The Balaban J connectivity index is 1.77. The van der Waals surface area contributed by atoms with E-state index in [-0.39, 0.29) is 12.5 Å². The Bertz CT molecular complexity index is 493. The molecule has 1 saturated heterocycles. The number of hydrogen-bond acceptors (Lipinski definition) is 3. The molecule has 1 aliphatic heterocycles. The Morgan fingerprint density at radius 1 is 1.09 bits per heavy atom. The second-order valence-corrected chi connectivity index (χ2v) is 5.39. The first kappa shape index (κ1) is 16.1. The number of rotatable bonds is 5. The highest BCUT2D eigenvalue weighted by atomic mass is 16.4. The quantitative estimate of drug-likeness (QED) is 0.813. The van der Waals surface area contributed by atoms with Crippen molar-refractivity contribution in [1.82, 2.24) is 10.2 Å². The zero-order chi connectivity index (χ0) is 15.8. The van der Waals surface area contributed by atoms with Gasteiger partial charge in [0.15, 0.2) is 0 Å². The third-order valence-electron chi connectivity index (χ3n) is 3.75. The van der Waals surface area contributed by atoms with Crippen molar-refractivity contribution in [2.75, 3.05) is 37.6 Å². The monoisotopic (exact) mass is 305 g/mol. The van der Waals surface area contributed by atoms with Crippen LogP contribution < -0.4 is 10.2 Å². The number of carboxylic acids is 1. The van der Waals surface area contributed by atoms with E-state index in [1.807, 2.05) is 23.1 Å². The topological polar surface area (TPSA) is 72.9 Å². The van der Waals surface area contributed by atoms with E-state index in [2.05, 4.69) is 22.3 Å². The van der Waals surface area contributed by atoms with E-state index in [0.29, 0.717) is 19.5 Å². The summed E-state index contributed by atoms with van der Waals surface area (Å²) < 4.78 is 0. The predicted octanol–water partition coefficient (Wildman–Crippen LogP) is 1.77. The SMILES string of the molecule is O=C(O)CCCNC(=O)N1CCCN(c2ccccc2)CC1. The van der Waals surface area contributed by atoms with E-state index in [1.165, 1.54) is 5.69 Å². The van der Waals surface area contributed by atoms with Crippen molar-refractivity contribution in [2.45, 2.75) is 19.3 Å². The molecule has 0 atom stereocenters. The van der Waals surface area contributed by atoms with Crippen LogP contribution in [0.2, 0.25) is 0 Å². The van der Waals surface area contributed by atoms with Crippen LogP contribution in [-0.2, 0) is 4.79 Å². The van der Waals surface area contributed by atoms with Gasteiger partial charge in [0.25, 0.3) is 0 Å². The first-order valence-electron chi connectivity index (χ1n) is 7.71. The number of urea groups is 1. The molecular formula is C16H23N3O3. The maximum absolute atomic E-state index is 12.1. The van der Waals surface area contributed by atoms with Gasteiger partial charge in [0.2, 0.25) is 0 Å². The number of amides is 2. The van der Waals surface area contributed by atoms with Gasteiger partial charge < -0.3 is 20.2 Å². The van der Waals surface area contributed by atoms with Crippen LogP contribution in [0.25, 0.3) is 0 Å². The van der Waals surface area contributed by atoms with E-state index in [4.69, 9.17) is 5.11 Å². The zero-order valence-corrected chi connectivity index (χ0v) is 12.7. The van der Waals surface area contributed by atoms with Gasteiger partial charge in [-0.25, -0.2) is 4.79 Å². The molecule has 0 spiro atoms. The summed E-state index contributed by atoms with van der Waals surface area (Å²) in [4.78, 5) is 26.6. The summed E-state index contributed by atoms with van der Waals surface area (Å²) in [6, 6.07) is 10.1. The van der Waals surface area contributed by atoms with Gasteiger partial charge in [-0.15, -0.1) is 0 Å². The first-order chi connectivity index (χ1) is 10.7. The number of carbonyl (C=O) groups is 2. The smallest absolute Gasteiger partial charge is 0.317 e. The van der Waals surface area contributed by atoms with E-state index in [1.54, 1.807) is 0 Å². The molecule has 0 bridgehead atoms. The molecule has 22 heavy (non-hydrogen) atoms. The number of benzene rings is 1. The van der Waals surface area contributed by atoms with Crippen molar-refractivity contribution in [1.29, 1.82) is 0 Å². The highest BCUT2D eigenvalue weighted by molar-refractivity contribution is 5.74. The van der Waals surface area contributed by atoms with Crippen molar-refractivity contribution in [2.24, 2.45) is 0 Å². The van der Waals surface area contributed by atoms with Crippen LogP contribution in [0.5, 0.6) is 0 Å². The van der Waals surface area contributed by atoms with Gasteiger partial charge in [-0.3, -0.25) is 4.79 Å². The van der Waals surface area contributed by atoms with Gasteiger partial charge >= 0.3 is 12.0 Å². The fourth-order valence-corrected chi connectivity index (χ4v) is 2.56. The van der Waals surface area contributed by atoms with Crippen LogP contribution in [0.4, 0.5) is 10.5 Å². The van der Waals surface area contributed by atoms with Gasteiger partial charge in [0.05, 0.1) is 0 Å². The van der Waals surface area contributed by atoms with E-state index < -0.39 is 5.97 Å². The Morgan fingerprint density at radius 3 is 2.59 bits per heavy atom. The summed E-state index contributed by atoms with van der Waals surface area (Å²) in [5.74, 6) is -0.831. The fraction of sp³-hybridized carbons (Fsp3) is 0.500. The lowest BCUT2D eigenvalue weighted by molar-refractivity contribution is -0.137. The molecule has 0 aliphatic carbocycles. The molecule has 2 rings (SSSR count). The molecule has 0 aromatic heterocycles. The van der Waals surface area contributed by atoms with Crippen LogP contribution in [0, 0.1) is 0 Å². The Kier molecular flexibility index (Phi) is 6.06. The highest BCUT2D eigenvalue weighted by Crippen LogP contribution is 2.15. The number of para-hydroxylation sites is 1. The van der Waals surface area contributed by atoms with Crippen molar-refractivity contribution in [3.05, 3.63) is 30.3 Å². The van der Waals surface area contributed by atoms with Gasteiger partial charge in [0, 0.05) is 44.8 Å². The predicted molar refractivity (Wildman–Crippen MR) is 85.1 cm³/mol. The van der Waals surface area contributed by atoms with Crippen LogP contribution in [0.3, 0.4) is 0 Å². The molecule has 1 aliphatic rings. The Labute approximate surface area is 130 Å². The molecular weight excluding hydrogens is 282 g/mol. The number of hydrogen-bond donors (Lipinski definition) is 2. The molecule has 2 amide bonds. The molecule has 120 valence electrons. The zero-order valence-electron chi connectivity index (χ0n) is 12.7. The molecule has 2 N–H and O–H groups in total. The second-order valence-electron chi connectivity index (χ2n) is 5.39. The first-order valence-corrected chi connectivity index (χ1v) is 7.71. The minimum Gasteiger partial charge on any atom is -0.481 e. The molecule has 1 heterocycles. The number of aliphatic carboxylic acids is 1. The maximum Gasteiger partial charge on any atom is 0.317 e. The van der Waals surface area contributed by atoms with Gasteiger partial charge in [-0.2, -0.15) is 0 Å².